The molecule has 1 N–H and O–H groups in total. The minimum atomic E-state index is -0.332. The van der Waals surface area contributed by atoms with E-state index in [9.17, 15) is 4.79 Å². The molecule has 5 heteroatoms. The lowest BCUT2D eigenvalue weighted by atomic mass is 10.2. The lowest BCUT2D eigenvalue weighted by Crippen LogP contribution is -2.54. The first-order chi connectivity index (χ1) is 6.25. The molecule has 70 valence electrons. The number of carbonyl (C=O) groups excluding carboxylic acids is 1. The van der Waals surface area contributed by atoms with E-state index in [1.54, 1.807) is 28.0 Å². The average molecular weight is 181 g/mol. The summed E-state index contributed by atoms with van der Waals surface area (Å²) in [5.74, 6) is 0.00833. The molecule has 2 rings (SSSR count). The number of likely N-dealkylation sites (tertiary alicyclic amines) is 1. The van der Waals surface area contributed by atoms with Crippen LogP contribution in [-0.4, -0.2) is 44.9 Å². The second-order valence-corrected chi connectivity index (χ2v) is 3.16. The number of hydrogen-bond donors (Lipinski definition) is 1. The first kappa shape index (κ1) is 8.25. The smallest absolute Gasteiger partial charge is 0.244 e. The molecule has 1 aliphatic heterocycles. The third-order valence-corrected chi connectivity index (χ3v) is 2.07. The van der Waals surface area contributed by atoms with Crippen LogP contribution in [0, 0.1) is 0 Å². The molecule has 0 saturated carbocycles. The Kier molecular flexibility index (Phi) is 2.02. The molecule has 1 amide bonds. The molecule has 0 bridgehead atoms. The summed E-state index contributed by atoms with van der Waals surface area (Å²) in [5.41, 5.74) is 0. The van der Waals surface area contributed by atoms with Crippen LogP contribution in [0.4, 0.5) is 0 Å². The van der Waals surface area contributed by atoms with Gasteiger partial charge in [-0.05, 0) is 6.07 Å². The largest absolute Gasteiger partial charge is 0.389 e. The van der Waals surface area contributed by atoms with Gasteiger partial charge in [-0.25, -0.2) is 0 Å². The molecule has 2 heterocycles. The SMILES string of the molecule is O=C(Cn1cccn1)N1CC(O)C1. The number of aromatic nitrogens is 2. The van der Waals surface area contributed by atoms with Crippen LogP contribution < -0.4 is 0 Å². The molecule has 5 nitrogen and oxygen atoms in total. The second-order valence-electron chi connectivity index (χ2n) is 3.16. The van der Waals surface area contributed by atoms with E-state index < -0.39 is 0 Å². The first-order valence-corrected chi connectivity index (χ1v) is 4.19. The number of nitrogens with zero attached hydrogens (tertiary/aromatic N) is 3. The van der Waals surface area contributed by atoms with Gasteiger partial charge >= 0.3 is 0 Å². The third kappa shape index (κ3) is 1.70. The number of hydrogen-bond acceptors (Lipinski definition) is 3. The van der Waals surface area contributed by atoms with Crippen molar-refractivity contribution in [1.29, 1.82) is 0 Å². The maximum atomic E-state index is 11.4. The molecule has 1 aliphatic rings. The summed E-state index contributed by atoms with van der Waals surface area (Å²) in [6.07, 6.45) is 3.05. The predicted octanol–water partition coefficient (Wildman–Crippen LogP) is -0.914. The minimum Gasteiger partial charge on any atom is -0.389 e. The lowest BCUT2D eigenvalue weighted by molar-refractivity contribution is -0.142. The zero-order chi connectivity index (χ0) is 9.26. The van der Waals surface area contributed by atoms with E-state index in [1.165, 1.54) is 0 Å². The van der Waals surface area contributed by atoms with Crippen molar-refractivity contribution in [3.8, 4) is 0 Å². The van der Waals surface area contributed by atoms with Gasteiger partial charge in [0.05, 0.1) is 6.10 Å². The Bertz CT molecular complexity index is 290. The average Bonchev–Trinajstić information content (AvgIpc) is 2.51. The molecular weight excluding hydrogens is 170 g/mol. The number of rotatable bonds is 2. The van der Waals surface area contributed by atoms with Crippen molar-refractivity contribution >= 4 is 5.91 Å². The number of carbonyl (C=O) groups is 1. The van der Waals surface area contributed by atoms with Crippen LogP contribution in [0.25, 0.3) is 0 Å². The summed E-state index contributed by atoms with van der Waals surface area (Å²) in [5, 5.41) is 12.9. The van der Waals surface area contributed by atoms with Gasteiger partial charge in [0.15, 0.2) is 0 Å². The summed E-state index contributed by atoms with van der Waals surface area (Å²) in [6, 6.07) is 1.78. The van der Waals surface area contributed by atoms with E-state index in [0.717, 1.165) is 0 Å². The van der Waals surface area contributed by atoms with Crippen molar-refractivity contribution in [3.05, 3.63) is 18.5 Å². The summed E-state index contributed by atoms with van der Waals surface area (Å²) in [6.45, 7) is 1.18. The standard InChI is InChI=1S/C8H11N3O2/c12-7-4-10(5-7)8(13)6-11-3-1-2-9-11/h1-3,7,12H,4-6H2. The fourth-order valence-corrected chi connectivity index (χ4v) is 1.29. The number of aliphatic hydroxyl groups is 1. The van der Waals surface area contributed by atoms with Crippen molar-refractivity contribution in [2.24, 2.45) is 0 Å². The lowest BCUT2D eigenvalue weighted by Gasteiger charge is -2.35. The fraction of sp³-hybridized carbons (Fsp3) is 0.500. The molecule has 1 aromatic rings. The van der Waals surface area contributed by atoms with Crippen LogP contribution in [0.15, 0.2) is 18.5 Å². The van der Waals surface area contributed by atoms with Crippen LogP contribution in [0.3, 0.4) is 0 Å². The van der Waals surface area contributed by atoms with E-state index in [2.05, 4.69) is 5.10 Å². The minimum absolute atomic E-state index is 0.00833. The molecule has 0 radical (unpaired) electrons. The Morgan fingerprint density at radius 2 is 2.38 bits per heavy atom. The second kappa shape index (κ2) is 3.18. The Labute approximate surface area is 75.6 Å². The van der Waals surface area contributed by atoms with Crippen LogP contribution in [0.1, 0.15) is 0 Å². The van der Waals surface area contributed by atoms with E-state index in [-0.39, 0.29) is 18.6 Å². The molecule has 0 unspecified atom stereocenters. The van der Waals surface area contributed by atoms with Gasteiger partial charge in [0.2, 0.25) is 5.91 Å². The third-order valence-electron chi connectivity index (χ3n) is 2.07. The Morgan fingerprint density at radius 1 is 1.62 bits per heavy atom. The van der Waals surface area contributed by atoms with Crippen molar-refractivity contribution in [2.45, 2.75) is 12.6 Å². The van der Waals surface area contributed by atoms with Gasteiger partial charge in [0.25, 0.3) is 0 Å². The highest BCUT2D eigenvalue weighted by molar-refractivity contribution is 5.76. The summed E-state index contributed by atoms with van der Waals surface area (Å²) in [7, 11) is 0. The fourth-order valence-electron chi connectivity index (χ4n) is 1.29. The van der Waals surface area contributed by atoms with Gasteiger partial charge in [-0.2, -0.15) is 5.10 Å². The van der Waals surface area contributed by atoms with Crippen LogP contribution in [-0.2, 0) is 11.3 Å². The molecule has 1 fully saturated rings. The zero-order valence-electron chi connectivity index (χ0n) is 7.13. The predicted molar refractivity (Wildman–Crippen MR) is 44.8 cm³/mol. The van der Waals surface area contributed by atoms with Gasteiger partial charge in [0.1, 0.15) is 6.54 Å². The monoisotopic (exact) mass is 181 g/mol. The van der Waals surface area contributed by atoms with Crippen molar-refractivity contribution in [1.82, 2.24) is 14.7 Å². The van der Waals surface area contributed by atoms with Crippen LogP contribution in [0.2, 0.25) is 0 Å². The van der Waals surface area contributed by atoms with Crippen molar-refractivity contribution in [3.63, 3.8) is 0 Å². The summed E-state index contributed by atoms with van der Waals surface area (Å²) >= 11 is 0. The highest BCUT2D eigenvalue weighted by Crippen LogP contribution is 2.07. The van der Waals surface area contributed by atoms with Crippen molar-refractivity contribution in [2.75, 3.05) is 13.1 Å². The number of amides is 1. The van der Waals surface area contributed by atoms with E-state index in [0.29, 0.717) is 13.1 Å². The molecular formula is C8H11N3O2. The molecule has 0 atom stereocenters. The molecule has 1 aromatic heterocycles. The molecule has 0 aromatic carbocycles. The molecule has 13 heavy (non-hydrogen) atoms. The summed E-state index contributed by atoms with van der Waals surface area (Å²) < 4.78 is 1.58. The van der Waals surface area contributed by atoms with Crippen LogP contribution in [0.5, 0.6) is 0 Å². The normalized spacial score (nSPS) is 17.2. The van der Waals surface area contributed by atoms with Crippen molar-refractivity contribution < 1.29 is 9.90 Å². The van der Waals surface area contributed by atoms with Crippen LogP contribution >= 0.6 is 0 Å². The Balaban J connectivity index is 1.86. The van der Waals surface area contributed by atoms with E-state index in [1.807, 2.05) is 0 Å². The van der Waals surface area contributed by atoms with Gasteiger partial charge in [0, 0.05) is 25.5 Å². The Morgan fingerprint density at radius 3 is 2.92 bits per heavy atom. The first-order valence-electron chi connectivity index (χ1n) is 4.19. The Hall–Kier alpha value is -1.36. The zero-order valence-corrected chi connectivity index (χ0v) is 7.13. The van der Waals surface area contributed by atoms with E-state index >= 15 is 0 Å². The van der Waals surface area contributed by atoms with E-state index in [4.69, 9.17) is 5.11 Å². The topological polar surface area (TPSA) is 58.4 Å². The maximum Gasteiger partial charge on any atom is 0.244 e. The summed E-state index contributed by atoms with van der Waals surface area (Å²) in [4.78, 5) is 13.0. The molecule has 0 spiro atoms. The maximum absolute atomic E-state index is 11.4. The number of β-amino-alcohol motifs (C(OH)–C–C–N with tert-alkyl or cyclic N) is 1. The quantitative estimate of drug-likeness (QED) is 0.642. The van der Waals surface area contributed by atoms with Gasteiger partial charge in [-0.3, -0.25) is 9.48 Å². The molecule has 0 aliphatic carbocycles. The van der Waals surface area contributed by atoms with Gasteiger partial charge < -0.3 is 10.0 Å². The van der Waals surface area contributed by atoms with Gasteiger partial charge in [-0.1, -0.05) is 0 Å². The highest BCUT2D eigenvalue weighted by Gasteiger charge is 2.28. The molecule has 1 saturated heterocycles. The van der Waals surface area contributed by atoms with Gasteiger partial charge in [-0.15, -0.1) is 0 Å². The number of aliphatic hydroxyl groups excluding tert-OH is 1. The highest BCUT2D eigenvalue weighted by atomic mass is 16.3.